The molecule has 2 rings (SSSR count). The standard InChI is InChI=1S/C19H25N3O3/c1-4-6-13-20-19(24)14(3)22-18(23)12-11-17(21-22)15-7-9-16(10-8-15)25-5-2/h7-12,14H,4-6,13H2,1-3H3,(H,20,24). The van der Waals surface area contributed by atoms with Crippen molar-refractivity contribution in [3.63, 3.8) is 0 Å². The Morgan fingerprint density at radius 1 is 1.20 bits per heavy atom. The molecule has 1 aromatic carbocycles. The van der Waals surface area contributed by atoms with E-state index in [0.29, 0.717) is 18.8 Å². The number of carbonyl (C=O) groups excluding carboxylic acids is 1. The summed E-state index contributed by atoms with van der Waals surface area (Å²) in [4.78, 5) is 24.3. The average Bonchev–Trinajstić information content (AvgIpc) is 2.62. The van der Waals surface area contributed by atoms with Crippen molar-refractivity contribution < 1.29 is 9.53 Å². The quantitative estimate of drug-likeness (QED) is 0.748. The van der Waals surface area contributed by atoms with Crippen LogP contribution in [-0.4, -0.2) is 28.8 Å². The Labute approximate surface area is 147 Å². The number of nitrogens with zero attached hydrogens (tertiary/aromatic N) is 2. The molecule has 6 nitrogen and oxygen atoms in total. The van der Waals surface area contributed by atoms with Crippen molar-refractivity contribution in [1.29, 1.82) is 0 Å². The van der Waals surface area contributed by atoms with E-state index in [0.717, 1.165) is 24.2 Å². The van der Waals surface area contributed by atoms with E-state index in [2.05, 4.69) is 17.3 Å². The molecule has 0 aliphatic carbocycles. The van der Waals surface area contributed by atoms with Gasteiger partial charge in [0, 0.05) is 18.2 Å². The summed E-state index contributed by atoms with van der Waals surface area (Å²) in [6, 6.07) is 9.92. The highest BCUT2D eigenvalue weighted by molar-refractivity contribution is 5.79. The second kappa shape index (κ2) is 9.01. The molecule has 1 heterocycles. The highest BCUT2D eigenvalue weighted by Gasteiger charge is 2.17. The maximum atomic E-state index is 12.2. The van der Waals surface area contributed by atoms with Crippen LogP contribution in [0.1, 0.15) is 39.7 Å². The van der Waals surface area contributed by atoms with Gasteiger partial charge in [-0.1, -0.05) is 13.3 Å². The van der Waals surface area contributed by atoms with Gasteiger partial charge in [-0.05, 0) is 50.6 Å². The number of hydrogen-bond acceptors (Lipinski definition) is 4. The lowest BCUT2D eigenvalue weighted by Crippen LogP contribution is -2.37. The normalized spacial score (nSPS) is 11.8. The number of ether oxygens (including phenoxy) is 1. The van der Waals surface area contributed by atoms with Crippen LogP contribution in [0, 0.1) is 0 Å². The van der Waals surface area contributed by atoms with Gasteiger partial charge in [0.1, 0.15) is 11.8 Å². The summed E-state index contributed by atoms with van der Waals surface area (Å²) < 4.78 is 6.66. The molecule has 2 aromatic rings. The fourth-order valence-electron chi connectivity index (χ4n) is 2.39. The zero-order chi connectivity index (χ0) is 18.2. The second-order valence-electron chi connectivity index (χ2n) is 5.78. The highest BCUT2D eigenvalue weighted by Crippen LogP contribution is 2.20. The van der Waals surface area contributed by atoms with Crippen LogP contribution in [0.15, 0.2) is 41.2 Å². The molecule has 134 valence electrons. The predicted molar refractivity (Wildman–Crippen MR) is 97.7 cm³/mol. The molecule has 0 fully saturated rings. The average molecular weight is 343 g/mol. The third kappa shape index (κ3) is 4.92. The van der Waals surface area contributed by atoms with Gasteiger partial charge in [0.15, 0.2) is 0 Å². The first-order chi connectivity index (χ1) is 12.1. The van der Waals surface area contributed by atoms with E-state index in [1.165, 1.54) is 10.7 Å². The lowest BCUT2D eigenvalue weighted by molar-refractivity contribution is -0.124. The largest absolute Gasteiger partial charge is 0.494 e. The Kier molecular flexibility index (Phi) is 6.74. The Morgan fingerprint density at radius 3 is 2.56 bits per heavy atom. The van der Waals surface area contributed by atoms with Crippen LogP contribution >= 0.6 is 0 Å². The lowest BCUT2D eigenvalue weighted by Gasteiger charge is -2.15. The van der Waals surface area contributed by atoms with Gasteiger partial charge in [-0.2, -0.15) is 5.10 Å². The van der Waals surface area contributed by atoms with Crippen LogP contribution in [0.25, 0.3) is 11.3 Å². The number of aromatic nitrogens is 2. The topological polar surface area (TPSA) is 73.2 Å². The van der Waals surface area contributed by atoms with Gasteiger partial charge in [0.2, 0.25) is 5.91 Å². The van der Waals surface area contributed by atoms with E-state index in [1.54, 1.807) is 13.0 Å². The third-order valence-corrected chi connectivity index (χ3v) is 3.86. The molecule has 0 radical (unpaired) electrons. The van der Waals surface area contributed by atoms with Gasteiger partial charge >= 0.3 is 0 Å². The molecule has 1 unspecified atom stereocenters. The first kappa shape index (κ1) is 18.7. The number of carbonyl (C=O) groups is 1. The van der Waals surface area contributed by atoms with E-state index >= 15 is 0 Å². The van der Waals surface area contributed by atoms with Crippen LogP contribution in [0.3, 0.4) is 0 Å². The summed E-state index contributed by atoms with van der Waals surface area (Å²) in [6.45, 7) is 6.87. The Morgan fingerprint density at radius 2 is 1.92 bits per heavy atom. The van der Waals surface area contributed by atoms with Crippen molar-refractivity contribution in [3.05, 3.63) is 46.8 Å². The molecule has 1 N–H and O–H groups in total. The minimum absolute atomic E-state index is 0.202. The third-order valence-electron chi connectivity index (χ3n) is 3.86. The molecule has 0 aliphatic rings. The molecule has 25 heavy (non-hydrogen) atoms. The molecule has 1 atom stereocenters. The highest BCUT2D eigenvalue weighted by atomic mass is 16.5. The first-order valence-corrected chi connectivity index (χ1v) is 8.67. The van der Waals surface area contributed by atoms with Crippen molar-refractivity contribution >= 4 is 5.91 Å². The summed E-state index contributed by atoms with van der Waals surface area (Å²) in [5, 5.41) is 7.20. The number of rotatable bonds is 8. The van der Waals surface area contributed by atoms with Crippen molar-refractivity contribution in [2.45, 2.75) is 39.7 Å². The minimum Gasteiger partial charge on any atom is -0.494 e. The molecule has 6 heteroatoms. The summed E-state index contributed by atoms with van der Waals surface area (Å²) in [5.41, 5.74) is 1.19. The van der Waals surface area contributed by atoms with Gasteiger partial charge in [0.25, 0.3) is 5.56 Å². The predicted octanol–water partition coefficient (Wildman–Crippen LogP) is 2.79. The van der Waals surface area contributed by atoms with Crippen molar-refractivity contribution in [2.75, 3.05) is 13.2 Å². The Balaban J connectivity index is 2.21. The number of amides is 1. The minimum atomic E-state index is -0.660. The van der Waals surface area contributed by atoms with Crippen LogP contribution in [-0.2, 0) is 4.79 Å². The van der Waals surface area contributed by atoms with Gasteiger partial charge in [0.05, 0.1) is 12.3 Å². The van der Waals surface area contributed by atoms with E-state index in [9.17, 15) is 9.59 Å². The summed E-state index contributed by atoms with van der Waals surface area (Å²) in [5.74, 6) is 0.579. The van der Waals surface area contributed by atoms with Crippen molar-refractivity contribution in [1.82, 2.24) is 15.1 Å². The smallest absolute Gasteiger partial charge is 0.267 e. The fraction of sp³-hybridized carbons (Fsp3) is 0.421. The first-order valence-electron chi connectivity index (χ1n) is 8.67. The van der Waals surface area contributed by atoms with Gasteiger partial charge < -0.3 is 10.1 Å². The number of nitrogens with one attached hydrogen (secondary N) is 1. The SMILES string of the molecule is CCCCNC(=O)C(C)n1nc(-c2ccc(OCC)cc2)ccc1=O. The van der Waals surface area contributed by atoms with Crippen LogP contribution in [0.2, 0.25) is 0 Å². The van der Waals surface area contributed by atoms with E-state index < -0.39 is 6.04 Å². The van der Waals surface area contributed by atoms with Gasteiger partial charge in [-0.3, -0.25) is 9.59 Å². The van der Waals surface area contributed by atoms with E-state index in [1.807, 2.05) is 31.2 Å². The fourth-order valence-corrected chi connectivity index (χ4v) is 2.39. The maximum Gasteiger partial charge on any atom is 0.267 e. The maximum absolute atomic E-state index is 12.2. The van der Waals surface area contributed by atoms with Crippen molar-refractivity contribution in [3.8, 4) is 17.0 Å². The lowest BCUT2D eigenvalue weighted by atomic mass is 10.1. The van der Waals surface area contributed by atoms with E-state index in [-0.39, 0.29) is 11.5 Å². The van der Waals surface area contributed by atoms with Gasteiger partial charge in [-0.15, -0.1) is 0 Å². The second-order valence-corrected chi connectivity index (χ2v) is 5.78. The number of benzene rings is 1. The molecular weight excluding hydrogens is 318 g/mol. The molecule has 1 aromatic heterocycles. The van der Waals surface area contributed by atoms with Crippen LogP contribution in [0.5, 0.6) is 5.75 Å². The monoisotopic (exact) mass is 343 g/mol. The summed E-state index contributed by atoms with van der Waals surface area (Å²) in [7, 11) is 0. The molecule has 0 spiro atoms. The molecule has 0 bridgehead atoms. The van der Waals surface area contributed by atoms with Crippen molar-refractivity contribution in [2.24, 2.45) is 0 Å². The van der Waals surface area contributed by atoms with Gasteiger partial charge in [-0.25, -0.2) is 4.68 Å². The summed E-state index contributed by atoms with van der Waals surface area (Å²) >= 11 is 0. The van der Waals surface area contributed by atoms with E-state index in [4.69, 9.17) is 4.74 Å². The van der Waals surface area contributed by atoms with Crippen LogP contribution < -0.4 is 15.6 Å². The molecule has 0 saturated heterocycles. The number of unbranched alkanes of at least 4 members (excludes halogenated alkanes) is 1. The molecule has 0 aliphatic heterocycles. The zero-order valence-electron chi connectivity index (χ0n) is 15.0. The van der Waals surface area contributed by atoms with Crippen LogP contribution in [0.4, 0.5) is 0 Å². The molecular formula is C19H25N3O3. The Bertz CT molecular complexity index is 753. The Hall–Kier alpha value is -2.63. The molecule has 0 saturated carbocycles. The summed E-state index contributed by atoms with van der Waals surface area (Å²) in [6.07, 6.45) is 1.91. The molecule has 1 amide bonds. The zero-order valence-corrected chi connectivity index (χ0v) is 15.0. The number of hydrogen-bond donors (Lipinski definition) is 1.